The van der Waals surface area contributed by atoms with E-state index in [0.717, 1.165) is 103 Å². The van der Waals surface area contributed by atoms with Gasteiger partial charge in [0.15, 0.2) is 0 Å². The Bertz CT molecular complexity index is 4930. The lowest BCUT2D eigenvalue weighted by Gasteiger charge is -2.56. The molecule has 10 amide bonds. The van der Waals surface area contributed by atoms with Crippen molar-refractivity contribution in [3.8, 4) is 17.6 Å². The summed E-state index contributed by atoms with van der Waals surface area (Å²) in [6, 6.07) is 23.2. The van der Waals surface area contributed by atoms with Crippen molar-refractivity contribution in [2.75, 3.05) is 154 Å². The molecule has 2 saturated carbocycles. The fourth-order valence-electron chi connectivity index (χ4n) is 20.1. The zero-order valence-corrected chi connectivity index (χ0v) is 81.7. The lowest BCUT2D eigenvalue weighted by atomic mass is 9.49. The van der Waals surface area contributed by atoms with E-state index in [1.54, 1.807) is 31.7 Å². The van der Waals surface area contributed by atoms with Crippen LogP contribution in [0.15, 0.2) is 96.3 Å². The number of para-hydroxylation sites is 1. The maximum atomic E-state index is 15.0. The van der Waals surface area contributed by atoms with Gasteiger partial charge in [0.1, 0.15) is 36.6 Å². The van der Waals surface area contributed by atoms with Crippen molar-refractivity contribution in [1.29, 1.82) is 0 Å². The Hall–Kier alpha value is -10.0. The number of nitrogens with two attached hydrogens (primary N) is 1. The third kappa shape index (κ3) is 32.5. The Morgan fingerprint density at radius 2 is 1.05 bits per heavy atom. The fraction of sp³-hybridized carbons (Fsp3) is 0.624. The number of aromatic hydroxyl groups is 1. The summed E-state index contributed by atoms with van der Waals surface area (Å²) in [5.41, 5.74) is 9.94. The van der Waals surface area contributed by atoms with Crippen molar-refractivity contribution in [3.63, 3.8) is 0 Å². The summed E-state index contributed by atoms with van der Waals surface area (Å²) in [4.78, 5) is 140. The van der Waals surface area contributed by atoms with Gasteiger partial charge in [-0.05, 0) is 196 Å². The first-order valence-electron chi connectivity index (χ1n) is 48.8. The summed E-state index contributed by atoms with van der Waals surface area (Å²) in [6.45, 7) is 18.3. The average Bonchev–Trinajstić information content (AvgIpc) is 0.717. The minimum atomic E-state index is -4.16. The van der Waals surface area contributed by atoms with Crippen LogP contribution < -0.4 is 64.0 Å². The van der Waals surface area contributed by atoms with Gasteiger partial charge in [-0.25, -0.2) is 0 Å². The lowest BCUT2D eigenvalue weighted by Crippen LogP contribution is -2.60. The van der Waals surface area contributed by atoms with Gasteiger partial charge in [-0.2, -0.15) is 8.42 Å². The first kappa shape index (κ1) is 109. The number of hydrogen-bond donors (Lipinski definition) is 13. The van der Waals surface area contributed by atoms with Crippen LogP contribution in [0.25, 0.3) is 0 Å². The number of carbonyl (C=O) groups is 10. The molecule has 754 valence electrons. The molecule has 4 aromatic carbocycles. The summed E-state index contributed by atoms with van der Waals surface area (Å²) >= 11 is 0. The Morgan fingerprint density at radius 3 is 1.66 bits per heavy atom. The molecule has 137 heavy (non-hydrogen) atoms. The Labute approximate surface area is 806 Å². The molecule has 10 atom stereocenters. The fourth-order valence-corrected chi connectivity index (χ4v) is 20.4. The number of unbranched alkanes of at least 4 members (excludes halogenated alkanes) is 1. The second-order valence-electron chi connectivity index (χ2n) is 37.6. The molecule has 4 aromatic rings. The number of rotatable bonds is 56. The van der Waals surface area contributed by atoms with Crippen LogP contribution in [0.2, 0.25) is 0 Å². The molecule has 14 N–H and O–H groups in total. The molecule has 6 aliphatic rings. The number of phenolic OH excluding ortho intramolecular Hbond substituents is 1. The van der Waals surface area contributed by atoms with Crippen molar-refractivity contribution in [2.45, 2.75) is 231 Å². The zero-order chi connectivity index (χ0) is 98.4. The van der Waals surface area contributed by atoms with Crippen LogP contribution in [0.5, 0.6) is 5.75 Å². The van der Waals surface area contributed by atoms with Crippen molar-refractivity contribution in [2.24, 2.45) is 34.4 Å². The van der Waals surface area contributed by atoms with Gasteiger partial charge >= 0.3 is 0 Å². The smallest absolute Gasteiger partial charge is 0.266 e. The number of hydrogen-bond acceptors (Lipinski definition) is 25. The minimum Gasteiger partial charge on any atom is -0.508 e. The summed E-state index contributed by atoms with van der Waals surface area (Å²) in [6.07, 6.45) is 11.8. The van der Waals surface area contributed by atoms with Crippen molar-refractivity contribution in [3.05, 3.63) is 135 Å². The standard InChI is InChI=1S/C101H146N12O23S/c1-69(2)91(95(122)107-70(3)93(120)108-76-32-28-72-30-34-84-98(4,78(72)65-76)40-17-42-100(84,6)96(123)111-97(124)101(7)43-18-41-99(5)79-66-77(114)33-29-73(79)31-35-85(99)101)110-94(121)81(109-88(117)39-49-129-53-57-133-61-63-135-59-55-131-51-46-105-86(115)36-37-90(119)113-67-75-21-12-11-19-71(75)26-27-74-20-13-14-24-82(74)113)23-15-16-44-104-89(118)68-136-83-25-10-8-9-22-80(92(83)112-102)103-45-50-130-54-58-134-62-60-132-56-52-128-48-38-87(116)106-47-64-137(125,126)127/h11-14,19-21,24,28-29,32-33,65-66,69-70,81,83-85,91,103,112,114H,8-10,15-18,22-23,25,30-31,34-64,67-68,102H2,1-7H3,(H,104,118)(H,105,115)(H,106,116)(H,107,122)(H,108,120)(H,109,117)(H,110,121)(H,111,123,124)(H,125,126,127)/t70-,81+,83?,84?,85+,91-,98+,99+,100-,101-/m0/s1. The van der Waals surface area contributed by atoms with Crippen molar-refractivity contribution >= 4 is 80.6 Å². The molecule has 1 heterocycles. The number of hydrazine groups is 1. The number of phenols is 1. The molecule has 2 fully saturated rings. The summed E-state index contributed by atoms with van der Waals surface area (Å²) in [7, 11) is -4.16. The predicted molar refractivity (Wildman–Crippen MR) is 514 cm³/mol. The van der Waals surface area contributed by atoms with Gasteiger partial charge in [-0.3, -0.25) is 63.7 Å². The molecule has 0 spiro atoms. The number of nitrogens with zero attached hydrogens (tertiary/aromatic N) is 1. The van der Waals surface area contributed by atoms with Gasteiger partial charge < -0.3 is 101 Å². The third-order valence-electron chi connectivity index (χ3n) is 27.5. The highest BCUT2D eigenvalue weighted by Gasteiger charge is 2.59. The maximum absolute atomic E-state index is 15.0. The molecule has 5 aliphatic carbocycles. The largest absolute Gasteiger partial charge is 0.508 e. The van der Waals surface area contributed by atoms with Crippen LogP contribution >= 0.6 is 0 Å². The van der Waals surface area contributed by atoms with E-state index >= 15 is 0 Å². The number of amides is 10. The topological polar surface area (TPSA) is 478 Å². The highest BCUT2D eigenvalue weighted by molar-refractivity contribution is 7.85. The number of anilines is 2. The predicted octanol–water partition coefficient (Wildman–Crippen LogP) is 7.48. The van der Waals surface area contributed by atoms with E-state index in [2.05, 4.69) is 79.0 Å². The van der Waals surface area contributed by atoms with Crippen LogP contribution in [0, 0.1) is 40.4 Å². The molecule has 2 unspecified atom stereocenters. The minimum absolute atomic E-state index is 0.00773. The van der Waals surface area contributed by atoms with Crippen LogP contribution in [-0.4, -0.2) is 246 Å². The number of allylic oxidation sites excluding steroid dienone is 1. The number of carbonyl (C=O) groups excluding carboxylic acids is 10. The van der Waals surface area contributed by atoms with Crippen molar-refractivity contribution < 1.29 is 109 Å². The maximum Gasteiger partial charge on any atom is 0.266 e. The van der Waals surface area contributed by atoms with Crippen LogP contribution in [0.3, 0.4) is 0 Å². The average molecular weight is 1930 g/mol. The Morgan fingerprint density at radius 1 is 0.511 bits per heavy atom. The van der Waals surface area contributed by atoms with Gasteiger partial charge in [-0.15, -0.1) is 0 Å². The number of ether oxygens (including phenoxy) is 9. The summed E-state index contributed by atoms with van der Waals surface area (Å²) < 4.78 is 81.6. The van der Waals surface area contributed by atoms with E-state index in [1.165, 1.54) is 5.56 Å². The van der Waals surface area contributed by atoms with Crippen LogP contribution in [0.1, 0.15) is 216 Å². The molecular formula is C101H146N12O23S. The molecule has 0 radical (unpaired) electrons. The normalized spacial score (nSPS) is 21.2. The molecule has 0 bridgehead atoms. The second kappa shape index (κ2) is 54.5. The quantitative estimate of drug-likeness (QED) is 0.00508. The lowest BCUT2D eigenvalue weighted by molar-refractivity contribution is -0.150. The first-order valence-corrected chi connectivity index (χ1v) is 50.4. The number of aryl methyl sites for hydroxylation is 2. The number of benzene rings is 4. The molecule has 36 heteroatoms. The Kier molecular flexibility index (Phi) is 43.4. The molecular weight excluding hydrogens is 1780 g/mol. The van der Waals surface area contributed by atoms with E-state index in [-0.39, 0.29) is 184 Å². The van der Waals surface area contributed by atoms with E-state index in [9.17, 15) is 61.5 Å². The number of fused-ring (bicyclic) bond motifs is 8. The van der Waals surface area contributed by atoms with E-state index in [0.29, 0.717) is 108 Å². The Balaban J connectivity index is 0.653. The SMILES string of the molecule is CC(C)[C@H](NC(=O)[C@@H](CCCCNC(=O)COC1CCCCCC(NCCOCCOCCOCCOCCC(=O)NCCS(=O)(=O)O)=C1NN)NC(=O)CCOCCOCCOCCOCCNC(=O)CCC(=O)N1Cc2ccccc2C#Cc2ccccc21)C(=O)N[C@@H](C)C(=O)Nc1ccc2c(c1)[C@@]1(C)CCC[C@](C)(C(=O)NC(=O)[C@@]3(C)CCC[C@]4(C)c5cc(O)ccc5CC[C@@H]34)C1CC2. The van der Waals surface area contributed by atoms with E-state index < -0.39 is 91.8 Å². The van der Waals surface area contributed by atoms with Gasteiger partial charge in [0.2, 0.25) is 59.1 Å². The zero-order valence-electron chi connectivity index (χ0n) is 80.8. The first-order chi connectivity index (χ1) is 65.8. The third-order valence-corrected chi connectivity index (χ3v) is 28.2. The van der Waals surface area contributed by atoms with E-state index in [1.807, 2.05) is 92.7 Å². The monoisotopic (exact) mass is 1930 g/mol. The van der Waals surface area contributed by atoms with Gasteiger partial charge in [0.05, 0.1) is 140 Å². The summed E-state index contributed by atoms with van der Waals surface area (Å²) in [5.74, 6) is 7.53. The van der Waals surface area contributed by atoms with Gasteiger partial charge in [0, 0.05) is 74.4 Å². The van der Waals surface area contributed by atoms with Crippen LogP contribution in [-0.2, 0) is 131 Å². The van der Waals surface area contributed by atoms with E-state index in [4.69, 9.17) is 53.0 Å². The highest BCUT2D eigenvalue weighted by Crippen LogP contribution is 2.60. The molecule has 1 aliphatic heterocycles. The highest BCUT2D eigenvalue weighted by atomic mass is 32.2. The molecule has 10 rings (SSSR count). The van der Waals surface area contributed by atoms with Gasteiger partial charge in [-0.1, -0.05) is 122 Å². The number of imide groups is 1. The number of nitrogens with one attached hydrogen (secondary N) is 10. The van der Waals surface area contributed by atoms with Gasteiger partial charge in [0.25, 0.3) is 10.1 Å². The molecule has 35 nitrogen and oxygen atoms in total. The van der Waals surface area contributed by atoms with Crippen LogP contribution in [0.4, 0.5) is 11.4 Å². The van der Waals surface area contributed by atoms with Crippen molar-refractivity contribution in [1.82, 2.24) is 48.0 Å². The summed E-state index contributed by atoms with van der Waals surface area (Å²) in [5, 5.41) is 36.7. The second-order valence-corrected chi connectivity index (χ2v) is 39.2. The molecule has 0 saturated heterocycles. The molecule has 0 aromatic heterocycles.